The Morgan fingerprint density at radius 3 is 2.57 bits per heavy atom. The van der Waals surface area contributed by atoms with Crippen molar-refractivity contribution in [3.05, 3.63) is 35.6 Å². The first kappa shape index (κ1) is 15.9. The van der Waals surface area contributed by atoms with Crippen LogP contribution < -0.4 is 10.6 Å². The van der Waals surface area contributed by atoms with Gasteiger partial charge in [-0.05, 0) is 50.3 Å². The van der Waals surface area contributed by atoms with Gasteiger partial charge in [-0.25, -0.2) is 4.39 Å². The summed E-state index contributed by atoms with van der Waals surface area (Å²) in [6, 6.07) is 5.16. The van der Waals surface area contributed by atoms with Crippen molar-refractivity contribution in [3.63, 3.8) is 0 Å². The standard InChI is InChI=1S/C17H21FN2O3/c1-10(21)14(19-15(22)11-5-6-11)16(23)20-17(7-8-17)12-3-2-4-13(18)9-12/h2-4,9-11,14,21H,5-8H2,1H3,(H,19,22)(H,20,23). The largest absolute Gasteiger partial charge is 0.391 e. The quantitative estimate of drug-likeness (QED) is 0.737. The summed E-state index contributed by atoms with van der Waals surface area (Å²) in [5.74, 6) is -1.02. The third-order valence-electron chi connectivity index (χ3n) is 4.50. The number of carbonyl (C=O) groups excluding carboxylic acids is 2. The van der Waals surface area contributed by atoms with E-state index in [0.717, 1.165) is 12.8 Å². The summed E-state index contributed by atoms with van der Waals surface area (Å²) in [7, 11) is 0. The zero-order chi connectivity index (χ0) is 16.6. The van der Waals surface area contributed by atoms with Crippen LogP contribution in [0.15, 0.2) is 24.3 Å². The minimum atomic E-state index is -0.999. The molecule has 5 nitrogen and oxygen atoms in total. The Labute approximate surface area is 134 Å². The van der Waals surface area contributed by atoms with E-state index in [0.29, 0.717) is 18.4 Å². The fourth-order valence-electron chi connectivity index (χ4n) is 2.73. The normalized spacial score (nSPS) is 21.2. The predicted octanol–water partition coefficient (Wildman–Crippen LogP) is 1.21. The molecule has 6 heteroatoms. The van der Waals surface area contributed by atoms with E-state index in [1.807, 2.05) is 0 Å². The molecule has 0 aromatic heterocycles. The Kier molecular flexibility index (Phi) is 4.10. The molecule has 2 unspecified atom stereocenters. The molecular weight excluding hydrogens is 299 g/mol. The number of amides is 2. The van der Waals surface area contributed by atoms with E-state index in [1.165, 1.54) is 19.1 Å². The molecule has 3 rings (SSSR count). The minimum Gasteiger partial charge on any atom is -0.391 e. The predicted molar refractivity (Wildman–Crippen MR) is 81.8 cm³/mol. The van der Waals surface area contributed by atoms with Crippen LogP contribution >= 0.6 is 0 Å². The number of rotatable bonds is 6. The monoisotopic (exact) mass is 320 g/mol. The smallest absolute Gasteiger partial charge is 0.245 e. The fourth-order valence-corrected chi connectivity index (χ4v) is 2.73. The maximum atomic E-state index is 13.4. The molecule has 0 radical (unpaired) electrons. The highest BCUT2D eigenvalue weighted by Crippen LogP contribution is 2.45. The topological polar surface area (TPSA) is 78.4 Å². The molecule has 23 heavy (non-hydrogen) atoms. The van der Waals surface area contributed by atoms with Gasteiger partial charge in [0.15, 0.2) is 0 Å². The summed E-state index contributed by atoms with van der Waals surface area (Å²) < 4.78 is 13.4. The van der Waals surface area contributed by atoms with Gasteiger partial charge in [0.05, 0.1) is 11.6 Å². The number of benzene rings is 1. The van der Waals surface area contributed by atoms with Gasteiger partial charge in [0.2, 0.25) is 11.8 Å². The molecule has 2 aliphatic carbocycles. The van der Waals surface area contributed by atoms with Crippen LogP contribution in [0.25, 0.3) is 0 Å². The van der Waals surface area contributed by atoms with Crippen molar-refractivity contribution in [2.45, 2.75) is 50.3 Å². The number of aliphatic hydroxyl groups is 1. The summed E-state index contributed by atoms with van der Waals surface area (Å²) in [5.41, 5.74) is 0.125. The lowest BCUT2D eigenvalue weighted by atomic mass is 10.0. The van der Waals surface area contributed by atoms with Crippen LogP contribution in [0, 0.1) is 11.7 Å². The van der Waals surface area contributed by atoms with E-state index in [9.17, 15) is 19.1 Å². The Morgan fingerprint density at radius 1 is 1.35 bits per heavy atom. The molecule has 3 N–H and O–H groups in total. The van der Waals surface area contributed by atoms with Crippen molar-refractivity contribution in [2.24, 2.45) is 5.92 Å². The van der Waals surface area contributed by atoms with Crippen molar-refractivity contribution < 1.29 is 19.1 Å². The molecule has 124 valence electrons. The van der Waals surface area contributed by atoms with Crippen LogP contribution in [0.1, 0.15) is 38.2 Å². The average molecular weight is 320 g/mol. The zero-order valence-electron chi connectivity index (χ0n) is 13.0. The van der Waals surface area contributed by atoms with Gasteiger partial charge in [-0.1, -0.05) is 12.1 Å². The zero-order valence-corrected chi connectivity index (χ0v) is 13.0. The first-order valence-electron chi connectivity index (χ1n) is 7.98. The second kappa shape index (κ2) is 5.92. The van der Waals surface area contributed by atoms with Gasteiger partial charge < -0.3 is 15.7 Å². The Morgan fingerprint density at radius 2 is 2.04 bits per heavy atom. The third kappa shape index (κ3) is 3.52. The molecule has 2 amide bonds. The van der Waals surface area contributed by atoms with Crippen LogP contribution in [0.2, 0.25) is 0 Å². The lowest BCUT2D eigenvalue weighted by Crippen LogP contribution is -2.54. The Balaban J connectivity index is 1.69. The summed E-state index contributed by atoms with van der Waals surface area (Å²) >= 11 is 0. The van der Waals surface area contributed by atoms with Crippen LogP contribution in [0.4, 0.5) is 4.39 Å². The number of hydrogen-bond acceptors (Lipinski definition) is 3. The van der Waals surface area contributed by atoms with Gasteiger partial charge in [0, 0.05) is 5.92 Å². The fraction of sp³-hybridized carbons (Fsp3) is 0.529. The highest BCUT2D eigenvalue weighted by molar-refractivity contribution is 5.90. The molecule has 0 saturated heterocycles. The maximum absolute atomic E-state index is 13.4. The van der Waals surface area contributed by atoms with Crippen molar-refractivity contribution in [3.8, 4) is 0 Å². The summed E-state index contributed by atoms with van der Waals surface area (Å²) in [6.07, 6.45) is 2.08. The van der Waals surface area contributed by atoms with Gasteiger partial charge in [-0.15, -0.1) is 0 Å². The van der Waals surface area contributed by atoms with Crippen molar-refractivity contribution in [2.75, 3.05) is 0 Å². The third-order valence-corrected chi connectivity index (χ3v) is 4.50. The van der Waals surface area contributed by atoms with Crippen molar-refractivity contribution in [1.29, 1.82) is 0 Å². The number of nitrogens with one attached hydrogen (secondary N) is 2. The van der Waals surface area contributed by atoms with E-state index >= 15 is 0 Å². The molecule has 0 bridgehead atoms. The van der Waals surface area contributed by atoms with Gasteiger partial charge in [0.25, 0.3) is 0 Å². The second-order valence-corrected chi connectivity index (χ2v) is 6.58. The molecule has 1 aromatic rings. The molecule has 2 atom stereocenters. The molecule has 1 aromatic carbocycles. The summed E-state index contributed by atoms with van der Waals surface area (Å²) in [5, 5.41) is 15.3. The van der Waals surface area contributed by atoms with Crippen LogP contribution in [0.3, 0.4) is 0 Å². The average Bonchev–Trinajstić information content (AvgIpc) is 3.37. The number of halogens is 1. The molecule has 0 aliphatic heterocycles. The van der Waals surface area contributed by atoms with E-state index < -0.39 is 23.6 Å². The number of carbonyl (C=O) groups is 2. The van der Waals surface area contributed by atoms with Crippen LogP contribution in [-0.4, -0.2) is 29.1 Å². The van der Waals surface area contributed by atoms with Gasteiger partial charge in [0.1, 0.15) is 11.9 Å². The second-order valence-electron chi connectivity index (χ2n) is 6.58. The maximum Gasteiger partial charge on any atom is 0.245 e. The van der Waals surface area contributed by atoms with Crippen molar-refractivity contribution >= 4 is 11.8 Å². The molecule has 2 aliphatic rings. The molecular formula is C17H21FN2O3. The highest BCUT2D eigenvalue weighted by Gasteiger charge is 2.47. The van der Waals surface area contributed by atoms with Crippen LogP contribution in [0.5, 0.6) is 0 Å². The lowest BCUT2D eigenvalue weighted by molar-refractivity contribution is -0.132. The molecule has 2 saturated carbocycles. The van der Waals surface area contributed by atoms with E-state index in [-0.39, 0.29) is 17.6 Å². The van der Waals surface area contributed by atoms with Gasteiger partial charge in [-0.3, -0.25) is 9.59 Å². The van der Waals surface area contributed by atoms with Crippen LogP contribution in [-0.2, 0) is 15.1 Å². The minimum absolute atomic E-state index is 0.0397. The Bertz CT molecular complexity index is 624. The number of hydrogen-bond donors (Lipinski definition) is 3. The summed E-state index contributed by atoms with van der Waals surface area (Å²) in [4.78, 5) is 24.4. The first-order chi connectivity index (χ1) is 10.9. The van der Waals surface area contributed by atoms with E-state index in [1.54, 1.807) is 12.1 Å². The summed E-state index contributed by atoms with van der Waals surface area (Å²) in [6.45, 7) is 1.47. The molecule has 0 spiro atoms. The van der Waals surface area contributed by atoms with Crippen molar-refractivity contribution in [1.82, 2.24) is 10.6 Å². The Hall–Kier alpha value is -1.95. The molecule has 2 fully saturated rings. The van der Waals surface area contributed by atoms with Gasteiger partial charge >= 0.3 is 0 Å². The number of aliphatic hydroxyl groups excluding tert-OH is 1. The SMILES string of the molecule is CC(O)C(NC(=O)C1CC1)C(=O)NC1(c2cccc(F)c2)CC1. The van der Waals surface area contributed by atoms with Gasteiger partial charge in [-0.2, -0.15) is 0 Å². The first-order valence-corrected chi connectivity index (χ1v) is 7.98. The molecule has 0 heterocycles. The van der Waals surface area contributed by atoms with E-state index in [4.69, 9.17) is 0 Å². The highest BCUT2D eigenvalue weighted by atomic mass is 19.1. The van der Waals surface area contributed by atoms with E-state index in [2.05, 4.69) is 10.6 Å². The lowest BCUT2D eigenvalue weighted by Gasteiger charge is -2.25.